The molecule has 0 bridgehead atoms. The van der Waals surface area contributed by atoms with E-state index in [0.29, 0.717) is 16.6 Å². The molecular weight excluding hydrogens is 482 g/mol. The van der Waals surface area contributed by atoms with Crippen LogP contribution in [0.3, 0.4) is 0 Å². The molecule has 1 amide bonds. The third-order valence-electron chi connectivity index (χ3n) is 6.28. The summed E-state index contributed by atoms with van der Waals surface area (Å²) in [5.41, 5.74) is 2.80. The van der Waals surface area contributed by atoms with Crippen molar-refractivity contribution in [3.8, 4) is 17.1 Å². The Hall–Kier alpha value is -5.11. The van der Waals surface area contributed by atoms with Gasteiger partial charge in [0.2, 0.25) is 0 Å². The zero-order chi connectivity index (χ0) is 26.6. The van der Waals surface area contributed by atoms with Crippen LogP contribution in [0.25, 0.3) is 22.3 Å². The lowest BCUT2D eigenvalue weighted by Gasteiger charge is -2.17. The fraction of sp³-hybridized carbons (Fsp3) is 0.100. The summed E-state index contributed by atoms with van der Waals surface area (Å²) in [6.07, 6.45) is 0.173. The van der Waals surface area contributed by atoms with Crippen molar-refractivity contribution in [1.82, 2.24) is 14.7 Å². The second kappa shape index (κ2) is 10.5. The molecule has 0 aliphatic carbocycles. The van der Waals surface area contributed by atoms with Gasteiger partial charge in [-0.25, -0.2) is 14.2 Å². The lowest BCUT2D eigenvalue weighted by molar-refractivity contribution is -0.142. The number of carbonyl (C=O) groups is 2. The number of ether oxygens (including phenoxy) is 1. The van der Waals surface area contributed by atoms with Gasteiger partial charge in [-0.05, 0) is 60.2 Å². The molecule has 4 aromatic carbocycles. The van der Waals surface area contributed by atoms with Crippen molar-refractivity contribution in [3.05, 3.63) is 125 Å². The molecule has 2 N–H and O–H groups in total. The number of para-hydroxylation sites is 2. The number of hydrogen-bond donors (Lipinski definition) is 2. The molecule has 0 aliphatic heterocycles. The van der Waals surface area contributed by atoms with Gasteiger partial charge in [0, 0.05) is 12.0 Å². The second-order valence-electron chi connectivity index (χ2n) is 8.75. The first-order chi connectivity index (χ1) is 18.5. The standard InChI is InChI=1S/C30H25N3O5/c1-38-30(37)26(18-20-12-15-24(34)16-13-20)31-28(35)21-14-17-27-25(19-21)29(36)33(23-10-6-3-7-11-23)32(27)22-8-4-2-5-9-22/h2-17,19,26,34H,18H2,1H3,(H,31,35)/t26-/m0/s1. The molecule has 5 aromatic rings. The van der Waals surface area contributed by atoms with Crippen molar-refractivity contribution >= 4 is 22.8 Å². The van der Waals surface area contributed by atoms with Gasteiger partial charge in [-0.2, -0.15) is 0 Å². The van der Waals surface area contributed by atoms with Crippen LogP contribution in [-0.2, 0) is 16.0 Å². The highest BCUT2D eigenvalue weighted by molar-refractivity contribution is 6.00. The van der Waals surface area contributed by atoms with Crippen LogP contribution in [0.4, 0.5) is 0 Å². The summed E-state index contributed by atoms with van der Waals surface area (Å²) in [4.78, 5) is 39.3. The molecule has 1 heterocycles. The van der Waals surface area contributed by atoms with E-state index in [0.717, 1.165) is 11.3 Å². The summed E-state index contributed by atoms with van der Waals surface area (Å²) in [5.74, 6) is -1.02. The van der Waals surface area contributed by atoms with Crippen LogP contribution in [0.15, 0.2) is 108 Å². The summed E-state index contributed by atoms with van der Waals surface area (Å²) >= 11 is 0. The van der Waals surface area contributed by atoms with Gasteiger partial charge in [0.15, 0.2) is 0 Å². The fourth-order valence-electron chi connectivity index (χ4n) is 4.42. The Morgan fingerprint density at radius 2 is 1.45 bits per heavy atom. The van der Waals surface area contributed by atoms with Crippen LogP contribution < -0.4 is 10.9 Å². The number of phenols is 1. The van der Waals surface area contributed by atoms with E-state index < -0.39 is 17.9 Å². The average Bonchev–Trinajstić information content (AvgIpc) is 3.25. The van der Waals surface area contributed by atoms with Crippen LogP contribution in [0.5, 0.6) is 5.75 Å². The topological polar surface area (TPSA) is 103 Å². The Morgan fingerprint density at radius 3 is 2.05 bits per heavy atom. The van der Waals surface area contributed by atoms with Crippen LogP contribution in [0, 0.1) is 0 Å². The number of fused-ring (bicyclic) bond motifs is 1. The third-order valence-corrected chi connectivity index (χ3v) is 6.28. The molecule has 38 heavy (non-hydrogen) atoms. The predicted octanol–water partition coefficient (Wildman–Crippen LogP) is 4.00. The van der Waals surface area contributed by atoms with Crippen molar-refractivity contribution in [3.63, 3.8) is 0 Å². The quantitative estimate of drug-likeness (QED) is 0.324. The first-order valence-electron chi connectivity index (χ1n) is 12.0. The van der Waals surface area contributed by atoms with E-state index in [-0.39, 0.29) is 23.3 Å². The van der Waals surface area contributed by atoms with E-state index in [1.165, 1.54) is 19.2 Å². The van der Waals surface area contributed by atoms with Crippen LogP contribution in [0.2, 0.25) is 0 Å². The lowest BCUT2D eigenvalue weighted by Crippen LogP contribution is -2.43. The number of methoxy groups -OCH3 is 1. The maximum absolute atomic E-state index is 13.7. The zero-order valence-electron chi connectivity index (χ0n) is 20.6. The molecule has 0 saturated carbocycles. The van der Waals surface area contributed by atoms with Gasteiger partial charge in [-0.1, -0.05) is 48.5 Å². The van der Waals surface area contributed by atoms with E-state index in [1.807, 2.05) is 65.3 Å². The number of nitrogens with zero attached hydrogens (tertiary/aromatic N) is 2. The lowest BCUT2D eigenvalue weighted by atomic mass is 10.0. The largest absolute Gasteiger partial charge is 0.508 e. The van der Waals surface area contributed by atoms with Crippen LogP contribution in [0.1, 0.15) is 15.9 Å². The first kappa shape index (κ1) is 24.6. The normalized spacial score (nSPS) is 11.7. The van der Waals surface area contributed by atoms with E-state index in [4.69, 9.17) is 4.74 Å². The summed E-state index contributed by atoms with van der Waals surface area (Å²) < 4.78 is 8.28. The van der Waals surface area contributed by atoms with Crippen LogP contribution in [-0.4, -0.2) is 39.5 Å². The van der Waals surface area contributed by atoms with Gasteiger partial charge >= 0.3 is 5.97 Å². The molecule has 1 aromatic heterocycles. The van der Waals surface area contributed by atoms with Crippen LogP contribution >= 0.6 is 0 Å². The molecule has 0 aliphatic rings. The van der Waals surface area contributed by atoms with Gasteiger partial charge in [0.1, 0.15) is 11.8 Å². The highest BCUT2D eigenvalue weighted by Gasteiger charge is 2.24. The maximum atomic E-state index is 13.7. The minimum atomic E-state index is -0.956. The molecule has 1 atom stereocenters. The molecule has 0 unspecified atom stereocenters. The number of amides is 1. The van der Waals surface area contributed by atoms with Gasteiger partial charge in [0.05, 0.1) is 29.4 Å². The highest BCUT2D eigenvalue weighted by Crippen LogP contribution is 2.22. The van der Waals surface area contributed by atoms with Gasteiger partial charge in [0.25, 0.3) is 11.5 Å². The number of nitrogens with one attached hydrogen (secondary N) is 1. The zero-order valence-corrected chi connectivity index (χ0v) is 20.6. The van der Waals surface area contributed by atoms with Gasteiger partial charge < -0.3 is 15.2 Å². The number of benzene rings is 4. The summed E-state index contributed by atoms with van der Waals surface area (Å²) in [7, 11) is 1.25. The Labute approximate surface area is 218 Å². The number of phenolic OH excluding ortho intramolecular Hbond substituents is 1. The molecule has 8 heteroatoms. The third kappa shape index (κ3) is 4.79. The van der Waals surface area contributed by atoms with E-state index >= 15 is 0 Å². The highest BCUT2D eigenvalue weighted by atomic mass is 16.5. The van der Waals surface area contributed by atoms with Gasteiger partial charge in [-0.3, -0.25) is 9.59 Å². The molecule has 0 fully saturated rings. The molecule has 190 valence electrons. The first-order valence-corrected chi connectivity index (χ1v) is 12.0. The average molecular weight is 508 g/mol. The molecular formula is C30H25N3O5. The maximum Gasteiger partial charge on any atom is 0.328 e. The summed E-state index contributed by atoms with van der Waals surface area (Å²) in [5, 5.41) is 12.6. The predicted molar refractivity (Wildman–Crippen MR) is 144 cm³/mol. The van der Waals surface area contributed by atoms with E-state index in [1.54, 1.807) is 35.0 Å². The smallest absolute Gasteiger partial charge is 0.328 e. The van der Waals surface area contributed by atoms with Crippen molar-refractivity contribution in [2.75, 3.05) is 7.11 Å². The Balaban J connectivity index is 1.54. The minimum Gasteiger partial charge on any atom is -0.508 e. The fourth-order valence-corrected chi connectivity index (χ4v) is 4.42. The second-order valence-corrected chi connectivity index (χ2v) is 8.75. The molecule has 5 rings (SSSR count). The minimum absolute atomic E-state index is 0.101. The monoisotopic (exact) mass is 507 g/mol. The summed E-state index contributed by atoms with van der Waals surface area (Å²) in [6.45, 7) is 0. The number of carbonyl (C=O) groups excluding carboxylic acids is 2. The van der Waals surface area contributed by atoms with Crippen molar-refractivity contribution in [2.45, 2.75) is 12.5 Å². The Kier molecular flexibility index (Phi) is 6.78. The number of esters is 1. The van der Waals surface area contributed by atoms with Crippen molar-refractivity contribution in [1.29, 1.82) is 0 Å². The number of aromatic hydroxyl groups is 1. The molecule has 0 radical (unpaired) electrons. The van der Waals surface area contributed by atoms with Crippen molar-refractivity contribution in [2.24, 2.45) is 0 Å². The van der Waals surface area contributed by atoms with Gasteiger partial charge in [-0.15, -0.1) is 0 Å². The number of aromatic nitrogens is 2. The number of rotatable bonds is 7. The molecule has 0 spiro atoms. The molecule has 8 nitrogen and oxygen atoms in total. The number of hydrogen-bond acceptors (Lipinski definition) is 5. The SMILES string of the molecule is COC(=O)[C@H](Cc1ccc(O)cc1)NC(=O)c1ccc2c(c1)c(=O)n(-c1ccccc1)n2-c1ccccc1. The Morgan fingerprint density at radius 1 is 0.842 bits per heavy atom. The van der Waals surface area contributed by atoms with E-state index in [9.17, 15) is 19.5 Å². The summed E-state index contributed by atoms with van der Waals surface area (Å²) in [6, 6.07) is 29.1. The molecule has 0 saturated heterocycles. The van der Waals surface area contributed by atoms with E-state index in [2.05, 4.69) is 5.32 Å². The Bertz CT molecular complexity index is 1660. The van der Waals surface area contributed by atoms with Crippen molar-refractivity contribution < 1.29 is 19.4 Å².